The van der Waals surface area contributed by atoms with Crippen LogP contribution in [0.1, 0.15) is 28.6 Å². The first kappa shape index (κ1) is 25.7. The molecule has 12 nitrogen and oxygen atoms in total. The summed E-state index contributed by atoms with van der Waals surface area (Å²) in [5.74, 6) is 0.635. The number of nitrogens with zero attached hydrogens (tertiary/aromatic N) is 7. The van der Waals surface area contributed by atoms with Gasteiger partial charge in [0.1, 0.15) is 29.3 Å². The number of rotatable bonds is 7. The van der Waals surface area contributed by atoms with E-state index >= 15 is 0 Å². The van der Waals surface area contributed by atoms with Crippen LogP contribution in [-0.4, -0.2) is 65.3 Å². The average molecular weight is 563 g/mol. The molecule has 1 aliphatic rings. The molecule has 0 saturated carbocycles. The van der Waals surface area contributed by atoms with Gasteiger partial charge in [-0.25, -0.2) is 19.6 Å². The van der Waals surface area contributed by atoms with Crippen LogP contribution in [0.3, 0.4) is 0 Å². The van der Waals surface area contributed by atoms with Gasteiger partial charge in [0.15, 0.2) is 5.65 Å². The normalized spacial score (nSPS) is 15.5. The second kappa shape index (κ2) is 10.3. The Morgan fingerprint density at radius 1 is 1.17 bits per heavy atom. The van der Waals surface area contributed by atoms with Crippen molar-refractivity contribution < 1.29 is 9.53 Å². The van der Waals surface area contributed by atoms with E-state index in [9.17, 15) is 4.79 Å². The third kappa shape index (κ3) is 4.41. The molecule has 0 spiro atoms. The number of benzene rings is 2. The first-order valence-electron chi connectivity index (χ1n) is 13.7. The number of aryl methyl sites for hydroxylation is 1. The molecule has 4 N–H and O–H groups in total. The number of carbonyl (C=O) groups excluding carboxylic acids is 1. The Morgan fingerprint density at radius 3 is 2.86 bits per heavy atom. The zero-order valence-electron chi connectivity index (χ0n) is 23.3. The van der Waals surface area contributed by atoms with Crippen molar-refractivity contribution in [3.63, 3.8) is 0 Å². The molecule has 1 fully saturated rings. The van der Waals surface area contributed by atoms with Crippen molar-refractivity contribution in [3.8, 4) is 17.0 Å². The van der Waals surface area contributed by atoms with Crippen LogP contribution in [0.2, 0.25) is 0 Å². The summed E-state index contributed by atoms with van der Waals surface area (Å²) < 4.78 is 9.56. The fourth-order valence-corrected chi connectivity index (χ4v) is 5.85. The number of methoxy groups -OCH3 is 1. The van der Waals surface area contributed by atoms with Crippen molar-refractivity contribution in [1.29, 1.82) is 0 Å². The third-order valence-electron chi connectivity index (χ3n) is 7.96. The van der Waals surface area contributed by atoms with Gasteiger partial charge in [0.2, 0.25) is 0 Å². The van der Waals surface area contributed by atoms with Gasteiger partial charge in [-0.2, -0.15) is 5.10 Å². The van der Waals surface area contributed by atoms with Gasteiger partial charge in [0.05, 0.1) is 36.2 Å². The summed E-state index contributed by atoms with van der Waals surface area (Å²) in [5.41, 5.74) is 11.6. The summed E-state index contributed by atoms with van der Waals surface area (Å²) in [6, 6.07) is 15.5. The summed E-state index contributed by atoms with van der Waals surface area (Å²) in [6.45, 7) is 2.51. The lowest BCUT2D eigenvalue weighted by atomic mass is 10.1. The third-order valence-corrected chi connectivity index (χ3v) is 7.96. The fraction of sp³-hybridized carbons (Fsp3) is 0.233. The number of aromatic nitrogens is 7. The van der Waals surface area contributed by atoms with Gasteiger partial charge in [0.25, 0.3) is 5.91 Å². The first-order valence-corrected chi connectivity index (χ1v) is 13.7. The van der Waals surface area contributed by atoms with E-state index in [0.29, 0.717) is 39.7 Å². The van der Waals surface area contributed by atoms with Crippen LogP contribution in [0.5, 0.6) is 5.75 Å². The molecule has 1 saturated heterocycles. The maximum atomic E-state index is 13.3. The molecule has 1 aliphatic heterocycles. The molecule has 42 heavy (non-hydrogen) atoms. The summed E-state index contributed by atoms with van der Waals surface area (Å²) in [7, 11) is 3.46. The Balaban J connectivity index is 1.20. The Bertz CT molecular complexity index is 1920. The number of aromatic amines is 1. The molecule has 5 heterocycles. The molecule has 12 heteroatoms. The smallest absolute Gasteiger partial charge is 0.272 e. The summed E-state index contributed by atoms with van der Waals surface area (Å²) >= 11 is 0. The molecule has 6 aromatic rings. The SMILES string of the molecule is COc1cc(-c2nn(C3CCN(Cc4c[nH]cn4)C3)c3ncnc(N)c23)ccc1NC(=O)c1cc2ccccc2n1C. The maximum Gasteiger partial charge on any atom is 0.272 e. The van der Waals surface area contributed by atoms with Crippen molar-refractivity contribution in [3.05, 3.63) is 78.8 Å². The average Bonchev–Trinajstić information content (AvgIpc) is 3.81. The lowest BCUT2D eigenvalue weighted by molar-refractivity contribution is 0.101. The molecule has 7 rings (SSSR count). The van der Waals surface area contributed by atoms with E-state index in [2.05, 4.69) is 30.2 Å². The van der Waals surface area contributed by atoms with Gasteiger partial charge in [0, 0.05) is 49.3 Å². The van der Waals surface area contributed by atoms with E-state index in [1.165, 1.54) is 6.33 Å². The Hall–Kier alpha value is -5.23. The number of imidazole rings is 1. The molecule has 0 aliphatic carbocycles. The molecule has 0 radical (unpaired) electrons. The van der Waals surface area contributed by atoms with Gasteiger partial charge in [-0.3, -0.25) is 9.69 Å². The van der Waals surface area contributed by atoms with Crippen LogP contribution >= 0.6 is 0 Å². The van der Waals surface area contributed by atoms with E-state index in [0.717, 1.165) is 48.2 Å². The van der Waals surface area contributed by atoms with Crippen molar-refractivity contribution in [2.45, 2.75) is 19.0 Å². The second-order valence-electron chi connectivity index (χ2n) is 10.5. The monoisotopic (exact) mass is 562 g/mol. The number of nitrogens with two attached hydrogens (primary N) is 1. The highest BCUT2D eigenvalue weighted by Crippen LogP contribution is 2.37. The number of nitrogens with one attached hydrogen (secondary N) is 2. The highest BCUT2D eigenvalue weighted by molar-refractivity contribution is 6.07. The Morgan fingerprint density at radius 2 is 2.05 bits per heavy atom. The van der Waals surface area contributed by atoms with Gasteiger partial charge >= 0.3 is 0 Å². The van der Waals surface area contributed by atoms with Gasteiger partial charge < -0.3 is 25.3 Å². The Kier molecular flexibility index (Phi) is 6.31. The summed E-state index contributed by atoms with van der Waals surface area (Å²) in [5, 5.41) is 9.72. The van der Waals surface area contributed by atoms with E-state index in [1.807, 2.05) is 71.0 Å². The first-order chi connectivity index (χ1) is 20.5. The van der Waals surface area contributed by atoms with Crippen LogP contribution in [-0.2, 0) is 13.6 Å². The number of hydrogen-bond acceptors (Lipinski definition) is 8. The Labute approximate surface area is 241 Å². The van der Waals surface area contributed by atoms with Crippen molar-refractivity contribution in [2.24, 2.45) is 7.05 Å². The van der Waals surface area contributed by atoms with E-state index in [1.54, 1.807) is 13.4 Å². The highest BCUT2D eigenvalue weighted by Gasteiger charge is 2.29. The van der Waals surface area contributed by atoms with Crippen LogP contribution in [0.15, 0.2) is 67.4 Å². The minimum absolute atomic E-state index is 0.121. The number of nitrogen functional groups attached to an aromatic ring is 1. The van der Waals surface area contributed by atoms with Crippen molar-refractivity contribution in [2.75, 3.05) is 31.2 Å². The molecule has 4 aromatic heterocycles. The second-order valence-corrected chi connectivity index (χ2v) is 10.5. The minimum Gasteiger partial charge on any atom is -0.495 e. The van der Waals surface area contributed by atoms with Crippen LogP contribution in [0.25, 0.3) is 33.2 Å². The predicted molar refractivity (Wildman–Crippen MR) is 160 cm³/mol. The number of hydrogen-bond donors (Lipinski definition) is 3. The number of H-pyrrole nitrogens is 1. The number of amides is 1. The van der Waals surface area contributed by atoms with Crippen LogP contribution in [0.4, 0.5) is 11.5 Å². The summed E-state index contributed by atoms with van der Waals surface area (Å²) in [4.78, 5) is 31.8. The fourth-order valence-electron chi connectivity index (χ4n) is 5.85. The molecular formula is C30H30N10O2. The molecule has 1 amide bonds. The number of fused-ring (bicyclic) bond motifs is 2. The number of para-hydroxylation sites is 1. The van der Waals surface area contributed by atoms with Gasteiger partial charge in [-0.1, -0.05) is 24.3 Å². The molecule has 1 unspecified atom stereocenters. The van der Waals surface area contributed by atoms with Crippen molar-refractivity contribution >= 4 is 39.3 Å². The van der Waals surface area contributed by atoms with Crippen molar-refractivity contribution in [1.82, 2.24) is 39.2 Å². The minimum atomic E-state index is -0.229. The van der Waals surface area contributed by atoms with Crippen LogP contribution in [0, 0.1) is 0 Å². The lowest BCUT2D eigenvalue weighted by Crippen LogP contribution is -2.22. The molecule has 0 bridgehead atoms. The molecule has 212 valence electrons. The lowest BCUT2D eigenvalue weighted by Gasteiger charge is -2.15. The zero-order valence-corrected chi connectivity index (χ0v) is 23.3. The van der Waals surface area contributed by atoms with E-state index in [-0.39, 0.29) is 11.9 Å². The molecule has 1 atom stereocenters. The largest absolute Gasteiger partial charge is 0.495 e. The number of ether oxygens (including phenoxy) is 1. The quantitative estimate of drug-likeness (QED) is 0.265. The number of carbonyl (C=O) groups is 1. The van der Waals surface area contributed by atoms with E-state index in [4.69, 9.17) is 15.6 Å². The molecule has 2 aromatic carbocycles. The highest BCUT2D eigenvalue weighted by atomic mass is 16.5. The van der Waals surface area contributed by atoms with Crippen LogP contribution < -0.4 is 15.8 Å². The van der Waals surface area contributed by atoms with E-state index < -0.39 is 0 Å². The maximum absolute atomic E-state index is 13.3. The standard InChI is InChI=1S/C30H30N10O2/c1-38-23-6-4-3-5-18(23)11-24(38)30(41)36-22-8-7-19(12-25(22)42-2)27-26-28(31)34-17-35-29(26)40(37-27)21-9-10-39(15-21)14-20-13-32-16-33-20/h3-8,11-13,16-17,21H,9-10,14-15H2,1-2H3,(H,32,33)(H,36,41)(H2,31,34,35). The molecular weight excluding hydrogens is 532 g/mol. The zero-order chi connectivity index (χ0) is 28.8. The number of anilines is 2. The van der Waals surface area contributed by atoms with Gasteiger partial charge in [-0.15, -0.1) is 0 Å². The predicted octanol–water partition coefficient (Wildman–Crippen LogP) is 4.00. The topological polar surface area (TPSA) is 145 Å². The number of likely N-dealkylation sites (tertiary alicyclic amines) is 1. The summed E-state index contributed by atoms with van der Waals surface area (Å²) in [6.07, 6.45) is 6.02. The van der Waals surface area contributed by atoms with Gasteiger partial charge in [-0.05, 0) is 30.7 Å².